The van der Waals surface area contributed by atoms with Gasteiger partial charge in [-0.25, -0.2) is 14.4 Å². The van der Waals surface area contributed by atoms with E-state index in [4.69, 9.17) is 9.31 Å². The van der Waals surface area contributed by atoms with E-state index in [1.54, 1.807) is 19.2 Å². The highest BCUT2D eigenvalue weighted by atomic mass is 19.1. The van der Waals surface area contributed by atoms with Crippen LogP contribution in [0.4, 0.5) is 10.3 Å². The quantitative estimate of drug-likeness (QED) is 0.861. The molecule has 0 amide bonds. The molecule has 116 valence electrons. The van der Waals surface area contributed by atoms with Gasteiger partial charge in [-0.05, 0) is 33.8 Å². The summed E-state index contributed by atoms with van der Waals surface area (Å²) in [4.78, 5) is 8.30. The van der Waals surface area contributed by atoms with Crippen molar-refractivity contribution in [2.75, 3.05) is 12.4 Å². The van der Waals surface area contributed by atoms with Gasteiger partial charge in [0.1, 0.15) is 5.82 Å². The molecule has 0 bridgehead atoms. The largest absolute Gasteiger partial charge is 0.497 e. The zero-order valence-electron chi connectivity index (χ0n) is 13.4. The van der Waals surface area contributed by atoms with Gasteiger partial charge in [-0.1, -0.05) is 6.07 Å². The number of halogens is 1. The summed E-state index contributed by atoms with van der Waals surface area (Å²) in [5, 5.41) is 3.19. The van der Waals surface area contributed by atoms with Crippen molar-refractivity contribution >= 4 is 29.4 Å². The Kier molecular flexibility index (Phi) is 3.38. The van der Waals surface area contributed by atoms with E-state index in [0.29, 0.717) is 22.3 Å². The molecular formula is C15H19BFN3O2. The smallest absolute Gasteiger partial charge is 0.399 e. The van der Waals surface area contributed by atoms with Crippen LogP contribution in [-0.2, 0) is 9.31 Å². The van der Waals surface area contributed by atoms with Gasteiger partial charge >= 0.3 is 7.12 Å². The van der Waals surface area contributed by atoms with Gasteiger partial charge in [0.25, 0.3) is 0 Å². The predicted molar refractivity (Wildman–Crippen MR) is 84.8 cm³/mol. The van der Waals surface area contributed by atoms with Crippen molar-refractivity contribution in [1.29, 1.82) is 0 Å². The third kappa shape index (κ3) is 2.25. The first-order valence-electron chi connectivity index (χ1n) is 7.24. The summed E-state index contributed by atoms with van der Waals surface area (Å²) in [6.45, 7) is 7.75. The Labute approximate surface area is 129 Å². The van der Waals surface area contributed by atoms with E-state index in [-0.39, 0.29) is 0 Å². The van der Waals surface area contributed by atoms with Crippen molar-refractivity contribution in [3.8, 4) is 0 Å². The Morgan fingerprint density at radius 3 is 2.36 bits per heavy atom. The summed E-state index contributed by atoms with van der Waals surface area (Å²) in [5.74, 6) is 0.0499. The van der Waals surface area contributed by atoms with Gasteiger partial charge in [-0.15, -0.1) is 0 Å². The van der Waals surface area contributed by atoms with Gasteiger partial charge in [0.2, 0.25) is 5.95 Å². The first-order valence-corrected chi connectivity index (χ1v) is 7.24. The molecule has 0 saturated carbocycles. The van der Waals surface area contributed by atoms with E-state index in [1.807, 2.05) is 27.7 Å². The van der Waals surface area contributed by atoms with Crippen molar-refractivity contribution < 1.29 is 13.7 Å². The zero-order valence-corrected chi connectivity index (χ0v) is 13.4. The third-order valence-electron chi connectivity index (χ3n) is 4.46. The van der Waals surface area contributed by atoms with Crippen LogP contribution in [0, 0.1) is 5.82 Å². The number of fused-ring (bicyclic) bond motifs is 1. The highest BCUT2D eigenvalue weighted by molar-refractivity contribution is 6.62. The molecular weight excluding hydrogens is 284 g/mol. The minimum absolute atomic E-state index is 0.353. The fourth-order valence-corrected chi connectivity index (χ4v) is 2.36. The zero-order chi connectivity index (χ0) is 16.1. The number of benzene rings is 1. The highest BCUT2D eigenvalue weighted by Crippen LogP contribution is 2.36. The number of nitrogens with zero attached hydrogens (tertiary/aromatic N) is 2. The molecule has 22 heavy (non-hydrogen) atoms. The van der Waals surface area contributed by atoms with E-state index in [2.05, 4.69) is 15.3 Å². The predicted octanol–water partition coefficient (Wildman–Crippen LogP) is 2.11. The first-order chi connectivity index (χ1) is 10.2. The summed E-state index contributed by atoms with van der Waals surface area (Å²) >= 11 is 0. The maximum Gasteiger partial charge on any atom is 0.497 e. The summed E-state index contributed by atoms with van der Waals surface area (Å²) in [5.41, 5.74) is -0.110. The number of nitrogens with one attached hydrogen (secondary N) is 1. The van der Waals surface area contributed by atoms with Crippen LogP contribution in [0.3, 0.4) is 0 Å². The molecule has 1 aliphatic heterocycles. The number of rotatable bonds is 2. The van der Waals surface area contributed by atoms with E-state index >= 15 is 0 Å². The van der Waals surface area contributed by atoms with Crippen molar-refractivity contribution in [2.24, 2.45) is 0 Å². The van der Waals surface area contributed by atoms with E-state index in [0.717, 1.165) is 0 Å². The van der Waals surface area contributed by atoms with Gasteiger partial charge in [-0.3, -0.25) is 0 Å². The van der Waals surface area contributed by atoms with Crippen LogP contribution < -0.4 is 10.8 Å². The minimum Gasteiger partial charge on any atom is -0.399 e. The molecule has 0 radical (unpaired) electrons. The molecule has 1 N–H and O–H groups in total. The molecule has 1 aromatic carbocycles. The molecule has 0 atom stereocenters. The van der Waals surface area contributed by atoms with E-state index in [9.17, 15) is 4.39 Å². The maximum atomic E-state index is 14.8. The van der Waals surface area contributed by atoms with Crippen LogP contribution >= 0.6 is 0 Å². The van der Waals surface area contributed by atoms with Crippen LogP contribution in [0.2, 0.25) is 0 Å². The molecule has 1 aliphatic rings. The molecule has 7 heteroatoms. The lowest BCUT2D eigenvalue weighted by Gasteiger charge is -2.32. The molecule has 2 aromatic rings. The van der Waals surface area contributed by atoms with Gasteiger partial charge in [0.05, 0.1) is 22.1 Å². The Morgan fingerprint density at radius 1 is 1.14 bits per heavy atom. The Bertz CT molecular complexity index is 720. The van der Waals surface area contributed by atoms with Crippen molar-refractivity contribution in [3.05, 3.63) is 24.1 Å². The number of anilines is 1. The number of aromatic nitrogens is 2. The summed E-state index contributed by atoms with van der Waals surface area (Å²) in [6.07, 6.45) is 1.47. The normalized spacial score (nSPS) is 19.6. The lowest BCUT2D eigenvalue weighted by atomic mass is 9.78. The van der Waals surface area contributed by atoms with Gasteiger partial charge in [-0.2, -0.15) is 0 Å². The topological polar surface area (TPSA) is 56.3 Å². The summed E-state index contributed by atoms with van der Waals surface area (Å²) < 4.78 is 26.6. The van der Waals surface area contributed by atoms with Gasteiger partial charge in [0.15, 0.2) is 0 Å². The first kappa shape index (κ1) is 15.2. The highest BCUT2D eigenvalue weighted by Gasteiger charge is 2.52. The third-order valence-corrected chi connectivity index (χ3v) is 4.46. The molecule has 1 aromatic heterocycles. The van der Waals surface area contributed by atoms with Crippen LogP contribution in [0.25, 0.3) is 10.9 Å². The van der Waals surface area contributed by atoms with Crippen molar-refractivity contribution in [1.82, 2.24) is 9.97 Å². The molecule has 1 saturated heterocycles. The maximum absolute atomic E-state index is 14.8. The second-order valence-electron chi connectivity index (χ2n) is 6.43. The molecule has 0 aliphatic carbocycles. The average molecular weight is 303 g/mol. The lowest BCUT2D eigenvalue weighted by Crippen LogP contribution is -2.41. The summed E-state index contributed by atoms with van der Waals surface area (Å²) in [7, 11) is 0.981. The Hall–Kier alpha value is -1.73. The van der Waals surface area contributed by atoms with Crippen LogP contribution in [-0.4, -0.2) is 35.3 Å². The lowest BCUT2D eigenvalue weighted by molar-refractivity contribution is 0.00578. The molecule has 1 fully saturated rings. The molecule has 0 unspecified atom stereocenters. The molecule has 2 heterocycles. The standard InChI is InChI=1S/C15H19BFN3O2/c1-14(2)15(3,4)22-16(21-14)10-6-7-11-9(12(10)17)8-19-13(18-5)20-11/h6-8H,1-5H3,(H,18,19,20). The Balaban J connectivity index is 2.04. The van der Waals surface area contributed by atoms with Crippen LogP contribution in [0.1, 0.15) is 27.7 Å². The fraction of sp³-hybridized carbons (Fsp3) is 0.467. The Morgan fingerprint density at radius 2 is 1.77 bits per heavy atom. The molecule has 0 spiro atoms. The van der Waals surface area contributed by atoms with Crippen LogP contribution in [0.15, 0.2) is 18.3 Å². The van der Waals surface area contributed by atoms with Gasteiger partial charge in [0, 0.05) is 18.7 Å². The van der Waals surface area contributed by atoms with Crippen molar-refractivity contribution in [2.45, 2.75) is 38.9 Å². The molecule has 5 nitrogen and oxygen atoms in total. The van der Waals surface area contributed by atoms with Crippen LogP contribution in [0.5, 0.6) is 0 Å². The average Bonchev–Trinajstić information content (AvgIpc) is 2.67. The second-order valence-corrected chi connectivity index (χ2v) is 6.43. The van der Waals surface area contributed by atoms with E-state index in [1.165, 1.54) is 6.20 Å². The monoisotopic (exact) mass is 303 g/mol. The fourth-order valence-electron chi connectivity index (χ4n) is 2.36. The second kappa shape index (κ2) is 4.89. The minimum atomic E-state index is -0.738. The number of hydrogen-bond donors (Lipinski definition) is 1. The summed E-state index contributed by atoms with van der Waals surface area (Å²) in [6, 6.07) is 3.41. The SMILES string of the molecule is CNc1ncc2c(F)c(B3OC(C)(C)C(C)(C)O3)ccc2n1. The molecule has 3 rings (SSSR count). The number of hydrogen-bond acceptors (Lipinski definition) is 5. The van der Waals surface area contributed by atoms with Crippen molar-refractivity contribution in [3.63, 3.8) is 0 Å². The van der Waals surface area contributed by atoms with Gasteiger partial charge < -0.3 is 14.6 Å². The van der Waals surface area contributed by atoms with E-state index < -0.39 is 24.1 Å².